The summed E-state index contributed by atoms with van der Waals surface area (Å²) < 4.78 is 38.7. The van der Waals surface area contributed by atoms with Crippen LogP contribution in [0.25, 0.3) is 0 Å². The van der Waals surface area contributed by atoms with E-state index < -0.39 is 22.8 Å². The second-order valence-electron chi connectivity index (χ2n) is 4.59. The summed E-state index contributed by atoms with van der Waals surface area (Å²) in [5.74, 6) is 0. The molecule has 0 bridgehead atoms. The van der Waals surface area contributed by atoms with Gasteiger partial charge in [-0.05, 0) is 30.4 Å². The van der Waals surface area contributed by atoms with Crippen molar-refractivity contribution in [1.82, 2.24) is 5.32 Å². The first kappa shape index (κ1) is 16.8. The van der Waals surface area contributed by atoms with Gasteiger partial charge in [-0.2, -0.15) is 13.2 Å². The molecule has 2 rings (SSSR count). The molecule has 1 aromatic rings. The fourth-order valence-corrected chi connectivity index (χ4v) is 2.33. The Morgan fingerprint density at radius 2 is 1.95 bits per heavy atom. The van der Waals surface area contributed by atoms with Crippen LogP contribution in [0.1, 0.15) is 5.56 Å². The van der Waals surface area contributed by atoms with E-state index in [-0.39, 0.29) is 10.8 Å². The Balaban J connectivity index is 2.11. The standard InChI is InChI=1S/C14H12ClF3N2OS/c15-13(21)8-4-3-7-11(13)20-12(22)19-10-6-2-1-5-9(10)14(16,17)18/h1-8,11,21H,(H2,19,20,22). The molecule has 0 saturated carbocycles. The maximum Gasteiger partial charge on any atom is 0.418 e. The normalized spacial score (nSPS) is 24.1. The van der Waals surface area contributed by atoms with E-state index in [9.17, 15) is 18.3 Å². The minimum Gasteiger partial charge on any atom is -0.369 e. The van der Waals surface area contributed by atoms with E-state index in [4.69, 9.17) is 23.8 Å². The zero-order valence-electron chi connectivity index (χ0n) is 11.1. The number of thiocarbonyl (C=S) groups is 1. The molecule has 2 unspecified atom stereocenters. The number of nitrogens with one attached hydrogen (secondary N) is 2. The van der Waals surface area contributed by atoms with Crippen molar-refractivity contribution >= 4 is 34.6 Å². The molecule has 118 valence electrons. The molecule has 0 fully saturated rings. The molecule has 2 atom stereocenters. The predicted octanol–water partition coefficient (Wildman–Crippen LogP) is 3.41. The molecule has 3 N–H and O–H groups in total. The van der Waals surface area contributed by atoms with Crippen LogP contribution in [0.2, 0.25) is 0 Å². The number of hydrogen-bond donors (Lipinski definition) is 3. The van der Waals surface area contributed by atoms with Gasteiger partial charge in [0.2, 0.25) is 0 Å². The first-order valence-corrected chi connectivity index (χ1v) is 7.00. The molecule has 22 heavy (non-hydrogen) atoms. The van der Waals surface area contributed by atoms with Crippen LogP contribution in [0.3, 0.4) is 0 Å². The highest BCUT2D eigenvalue weighted by Gasteiger charge is 2.34. The van der Waals surface area contributed by atoms with Gasteiger partial charge in [0, 0.05) is 0 Å². The maximum absolute atomic E-state index is 12.9. The lowest BCUT2D eigenvalue weighted by atomic mass is 10.1. The van der Waals surface area contributed by atoms with Crippen molar-refractivity contribution in [3.8, 4) is 0 Å². The molecule has 0 amide bonds. The van der Waals surface area contributed by atoms with Gasteiger partial charge in [-0.25, -0.2) is 0 Å². The molecule has 1 aliphatic rings. The molecule has 0 aliphatic heterocycles. The highest BCUT2D eigenvalue weighted by atomic mass is 35.5. The third-order valence-electron chi connectivity index (χ3n) is 2.95. The summed E-state index contributed by atoms with van der Waals surface area (Å²) in [6.45, 7) is 0. The van der Waals surface area contributed by atoms with Crippen molar-refractivity contribution in [1.29, 1.82) is 0 Å². The van der Waals surface area contributed by atoms with Gasteiger partial charge in [-0.15, -0.1) is 0 Å². The van der Waals surface area contributed by atoms with Crippen LogP contribution in [0.5, 0.6) is 0 Å². The minimum absolute atomic E-state index is 0.0827. The van der Waals surface area contributed by atoms with Gasteiger partial charge in [0.05, 0.1) is 17.3 Å². The fraction of sp³-hybridized carbons (Fsp3) is 0.214. The summed E-state index contributed by atoms with van der Waals surface area (Å²) in [7, 11) is 0. The summed E-state index contributed by atoms with van der Waals surface area (Å²) >= 11 is 10.9. The summed E-state index contributed by atoms with van der Waals surface area (Å²) in [5, 5.41) is 13.3. The van der Waals surface area contributed by atoms with Crippen molar-refractivity contribution < 1.29 is 18.3 Å². The molecular formula is C14H12ClF3N2OS. The number of alkyl halides is 4. The summed E-state index contributed by atoms with van der Waals surface area (Å²) in [6, 6.07) is 4.20. The molecule has 3 nitrogen and oxygen atoms in total. The van der Waals surface area contributed by atoms with Gasteiger partial charge in [-0.3, -0.25) is 0 Å². The number of anilines is 1. The van der Waals surface area contributed by atoms with Crippen molar-refractivity contribution in [2.45, 2.75) is 17.3 Å². The van der Waals surface area contributed by atoms with Gasteiger partial charge < -0.3 is 15.7 Å². The van der Waals surface area contributed by atoms with E-state index in [0.29, 0.717) is 0 Å². The molecule has 0 radical (unpaired) electrons. The van der Waals surface area contributed by atoms with Crippen LogP contribution >= 0.6 is 23.8 Å². The van der Waals surface area contributed by atoms with Crippen molar-refractivity contribution in [3.05, 3.63) is 54.1 Å². The molecule has 1 aliphatic carbocycles. The van der Waals surface area contributed by atoms with Crippen LogP contribution in [0.4, 0.5) is 18.9 Å². The van der Waals surface area contributed by atoms with E-state index in [1.54, 1.807) is 18.2 Å². The van der Waals surface area contributed by atoms with E-state index in [1.165, 1.54) is 24.3 Å². The molecular weight excluding hydrogens is 337 g/mol. The molecule has 0 heterocycles. The lowest BCUT2D eigenvalue weighted by molar-refractivity contribution is -0.136. The molecule has 0 saturated heterocycles. The van der Waals surface area contributed by atoms with Crippen LogP contribution in [0, 0.1) is 0 Å². The number of rotatable bonds is 2. The SMILES string of the molecule is OC1(Cl)C=CC=CC1NC(=S)Nc1ccccc1C(F)(F)F. The lowest BCUT2D eigenvalue weighted by Gasteiger charge is -2.29. The Kier molecular flexibility index (Phi) is 4.79. The van der Waals surface area contributed by atoms with Gasteiger partial charge in [0.1, 0.15) is 0 Å². The quantitative estimate of drug-likeness (QED) is 0.566. The minimum atomic E-state index is -4.50. The number of benzene rings is 1. The van der Waals surface area contributed by atoms with Gasteiger partial charge >= 0.3 is 6.18 Å². The first-order chi connectivity index (χ1) is 10.2. The Morgan fingerprint density at radius 1 is 1.27 bits per heavy atom. The second kappa shape index (κ2) is 6.28. The van der Waals surface area contributed by atoms with Gasteiger partial charge in [0.25, 0.3) is 0 Å². The van der Waals surface area contributed by atoms with E-state index >= 15 is 0 Å². The zero-order chi connectivity index (χ0) is 16.4. The first-order valence-electron chi connectivity index (χ1n) is 6.21. The number of allylic oxidation sites excluding steroid dienone is 2. The largest absolute Gasteiger partial charge is 0.418 e. The lowest BCUT2D eigenvalue weighted by Crippen LogP contribution is -2.49. The summed E-state index contributed by atoms with van der Waals surface area (Å²) in [4.78, 5) is 0. The van der Waals surface area contributed by atoms with Crippen LogP contribution in [-0.2, 0) is 6.18 Å². The van der Waals surface area contributed by atoms with E-state index in [1.807, 2.05) is 0 Å². The molecule has 1 aromatic carbocycles. The van der Waals surface area contributed by atoms with Crippen molar-refractivity contribution in [3.63, 3.8) is 0 Å². The highest BCUT2D eigenvalue weighted by Crippen LogP contribution is 2.34. The van der Waals surface area contributed by atoms with E-state index in [2.05, 4.69) is 10.6 Å². The average molecular weight is 349 g/mol. The zero-order valence-corrected chi connectivity index (χ0v) is 12.6. The number of para-hydroxylation sites is 1. The third-order valence-corrected chi connectivity index (χ3v) is 3.53. The Labute approximate surface area is 135 Å². The second-order valence-corrected chi connectivity index (χ2v) is 5.60. The Morgan fingerprint density at radius 3 is 2.59 bits per heavy atom. The monoisotopic (exact) mass is 348 g/mol. The van der Waals surface area contributed by atoms with Gasteiger partial charge in [0.15, 0.2) is 10.2 Å². The average Bonchev–Trinajstić information content (AvgIpc) is 2.40. The smallest absolute Gasteiger partial charge is 0.369 e. The third kappa shape index (κ3) is 4.00. The van der Waals surface area contributed by atoms with Crippen LogP contribution < -0.4 is 10.6 Å². The van der Waals surface area contributed by atoms with Crippen molar-refractivity contribution in [2.24, 2.45) is 0 Å². The number of halogens is 4. The molecule has 0 spiro atoms. The molecule has 0 aromatic heterocycles. The fourth-order valence-electron chi connectivity index (χ4n) is 1.89. The van der Waals surface area contributed by atoms with Crippen LogP contribution in [-0.4, -0.2) is 21.3 Å². The Bertz CT molecular complexity index is 629. The summed E-state index contributed by atoms with van der Waals surface area (Å²) in [5.41, 5.74) is -1.01. The topological polar surface area (TPSA) is 44.3 Å². The van der Waals surface area contributed by atoms with Crippen LogP contribution in [0.15, 0.2) is 48.6 Å². The number of hydrogen-bond acceptors (Lipinski definition) is 2. The number of aliphatic hydroxyl groups is 1. The van der Waals surface area contributed by atoms with Crippen molar-refractivity contribution in [2.75, 3.05) is 5.32 Å². The maximum atomic E-state index is 12.9. The highest BCUT2D eigenvalue weighted by molar-refractivity contribution is 7.80. The predicted molar refractivity (Wildman–Crippen MR) is 83.7 cm³/mol. The summed E-state index contributed by atoms with van der Waals surface area (Å²) in [6.07, 6.45) is 1.59. The van der Waals surface area contributed by atoms with Gasteiger partial charge in [-0.1, -0.05) is 42.0 Å². The van der Waals surface area contributed by atoms with E-state index in [0.717, 1.165) is 6.07 Å². The Hall–Kier alpha value is -1.57. The molecule has 8 heteroatoms.